The van der Waals surface area contributed by atoms with Gasteiger partial charge in [0.25, 0.3) is 0 Å². The molecule has 0 N–H and O–H groups in total. The summed E-state index contributed by atoms with van der Waals surface area (Å²) in [4.78, 5) is 11.0. The van der Waals surface area contributed by atoms with Gasteiger partial charge in [0.1, 0.15) is 5.78 Å². The van der Waals surface area contributed by atoms with E-state index < -0.39 is 0 Å². The van der Waals surface area contributed by atoms with Crippen LogP contribution in [-0.2, 0) is 11.2 Å². The van der Waals surface area contributed by atoms with E-state index in [-0.39, 0.29) is 5.78 Å². The highest BCUT2D eigenvalue weighted by Crippen LogP contribution is 2.39. The Bertz CT molecular complexity index is 486. The molecule has 0 radical (unpaired) electrons. The second-order valence-corrected chi connectivity index (χ2v) is 6.25. The first-order chi connectivity index (χ1) is 10.2. The van der Waals surface area contributed by atoms with E-state index in [1.165, 1.54) is 18.4 Å². The van der Waals surface area contributed by atoms with Crippen LogP contribution in [0.5, 0.6) is 0 Å². The van der Waals surface area contributed by atoms with Gasteiger partial charge in [-0.05, 0) is 55.9 Å². The van der Waals surface area contributed by atoms with Gasteiger partial charge in [-0.2, -0.15) is 0 Å². The van der Waals surface area contributed by atoms with Crippen molar-refractivity contribution in [2.75, 3.05) is 0 Å². The molecule has 1 heteroatoms. The lowest BCUT2D eigenvalue weighted by Crippen LogP contribution is -2.08. The molecule has 1 aromatic rings. The molecule has 0 aromatic heterocycles. The molecule has 0 amide bonds. The number of ketones is 1. The molecule has 1 nitrogen and oxygen atoms in total. The van der Waals surface area contributed by atoms with Gasteiger partial charge < -0.3 is 4.79 Å². The molecule has 112 valence electrons. The summed E-state index contributed by atoms with van der Waals surface area (Å²) in [7, 11) is 0. The van der Waals surface area contributed by atoms with Crippen LogP contribution in [0.15, 0.2) is 55.1 Å². The normalized spacial score (nSPS) is 25.3. The summed E-state index contributed by atoms with van der Waals surface area (Å²) in [5.74, 6) is 2.24. The largest absolute Gasteiger partial charge is 0.300 e. The monoisotopic (exact) mass is 282 g/mol. The molecule has 1 aliphatic rings. The SMILES string of the molecule is C=C[C@@H]1CC(Cc2ccccc2)[C@H](/C=C/CCC(C)=O)C1. The molecule has 0 bridgehead atoms. The molecule has 21 heavy (non-hydrogen) atoms. The van der Waals surface area contributed by atoms with Crippen molar-refractivity contribution in [1.82, 2.24) is 0 Å². The van der Waals surface area contributed by atoms with Crippen LogP contribution in [0.1, 0.15) is 38.2 Å². The van der Waals surface area contributed by atoms with Gasteiger partial charge in [-0.3, -0.25) is 0 Å². The van der Waals surface area contributed by atoms with Crippen LogP contribution >= 0.6 is 0 Å². The van der Waals surface area contributed by atoms with Crippen molar-refractivity contribution in [3.63, 3.8) is 0 Å². The maximum atomic E-state index is 11.0. The number of benzene rings is 1. The third-order valence-corrected chi connectivity index (χ3v) is 4.51. The summed E-state index contributed by atoms with van der Waals surface area (Å²) in [6.45, 7) is 5.63. The zero-order valence-corrected chi connectivity index (χ0v) is 13.0. The van der Waals surface area contributed by atoms with E-state index in [4.69, 9.17) is 0 Å². The fraction of sp³-hybridized carbons (Fsp3) is 0.450. The van der Waals surface area contributed by atoms with E-state index in [1.807, 2.05) is 0 Å². The van der Waals surface area contributed by atoms with Gasteiger partial charge >= 0.3 is 0 Å². The third-order valence-electron chi connectivity index (χ3n) is 4.51. The minimum absolute atomic E-state index is 0.274. The standard InChI is InChI=1S/C20H26O/c1-3-17-13-19(12-8-7-9-16(2)21)20(14-17)15-18-10-5-4-6-11-18/h3-6,8,10-12,17,19-20H,1,7,9,13-15H2,2H3/b12-8+/t17-,19+,20?/m0/s1. The lowest BCUT2D eigenvalue weighted by atomic mass is 9.89. The number of rotatable bonds is 7. The molecule has 0 saturated heterocycles. The van der Waals surface area contributed by atoms with Crippen LogP contribution < -0.4 is 0 Å². The van der Waals surface area contributed by atoms with Gasteiger partial charge in [-0.25, -0.2) is 0 Å². The highest BCUT2D eigenvalue weighted by molar-refractivity contribution is 5.75. The van der Waals surface area contributed by atoms with E-state index in [0.717, 1.165) is 12.8 Å². The highest BCUT2D eigenvalue weighted by Gasteiger charge is 2.30. The van der Waals surface area contributed by atoms with Crippen LogP contribution in [0.25, 0.3) is 0 Å². The predicted octanol–water partition coefficient (Wildman–Crippen LogP) is 4.98. The predicted molar refractivity (Wildman–Crippen MR) is 89.1 cm³/mol. The van der Waals surface area contributed by atoms with Crippen molar-refractivity contribution in [2.45, 2.75) is 39.0 Å². The molecule has 1 unspecified atom stereocenters. The topological polar surface area (TPSA) is 17.1 Å². The molecule has 1 aliphatic carbocycles. The van der Waals surface area contributed by atoms with Crippen LogP contribution in [-0.4, -0.2) is 5.78 Å². The van der Waals surface area contributed by atoms with Gasteiger partial charge in [0, 0.05) is 6.42 Å². The smallest absolute Gasteiger partial charge is 0.130 e. The summed E-state index contributed by atoms with van der Waals surface area (Å²) < 4.78 is 0. The third kappa shape index (κ3) is 5.00. The minimum Gasteiger partial charge on any atom is -0.300 e. The maximum Gasteiger partial charge on any atom is 0.130 e. The van der Waals surface area contributed by atoms with Crippen molar-refractivity contribution >= 4 is 5.78 Å². The molecule has 2 rings (SSSR count). The summed E-state index contributed by atoms with van der Waals surface area (Å²) in [5, 5.41) is 0. The molecule has 3 atom stereocenters. The molecule has 0 spiro atoms. The summed E-state index contributed by atoms with van der Waals surface area (Å²) in [6, 6.07) is 10.7. The van der Waals surface area contributed by atoms with Gasteiger partial charge in [-0.1, -0.05) is 48.6 Å². The van der Waals surface area contributed by atoms with E-state index in [0.29, 0.717) is 24.2 Å². The molecular formula is C20H26O. The minimum atomic E-state index is 0.274. The zero-order valence-electron chi connectivity index (χ0n) is 13.0. The van der Waals surface area contributed by atoms with Crippen LogP contribution in [0.2, 0.25) is 0 Å². The second-order valence-electron chi connectivity index (χ2n) is 6.25. The lowest BCUT2D eigenvalue weighted by Gasteiger charge is -2.16. The molecule has 0 aliphatic heterocycles. The van der Waals surface area contributed by atoms with Crippen molar-refractivity contribution < 1.29 is 4.79 Å². The Morgan fingerprint density at radius 2 is 2.05 bits per heavy atom. The first-order valence-electron chi connectivity index (χ1n) is 8.01. The van der Waals surface area contributed by atoms with Gasteiger partial charge in [-0.15, -0.1) is 6.58 Å². The number of hydrogen-bond donors (Lipinski definition) is 0. The number of hydrogen-bond acceptors (Lipinski definition) is 1. The van der Waals surface area contributed by atoms with Crippen LogP contribution in [0, 0.1) is 17.8 Å². The Labute approximate surface area is 128 Å². The van der Waals surface area contributed by atoms with E-state index in [9.17, 15) is 4.79 Å². The fourth-order valence-electron chi connectivity index (χ4n) is 3.34. The van der Waals surface area contributed by atoms with Crippen LogP contribution in [0.3, 0.4) is 0 Å². The van der Waals surface area contributed by atoms with Gasteiger partial charge in [0.15, 0.2) is 0 Å². The quantitative estimate of drug-likeness (QED) is 0.644. The Morgan fingerprint density at radius 3 is 2.71 bits per heavy atom. The van der Waals surface area contributed by atoms with E-state index in [1.54, 1.807) is 6.92 Å². The average molecular weight is 282 g/mol. The van der Waals surface area contributed by atoms with Crippen molar-refractivity contribution in [3.8, 4) is 0 Å². The molecular weight excluding hydrogens is 256 g/mol. The Hall–Kier alpha value is -1.63. The van der Waals surface area contributed by atoms with E-state index in [2.05, 4.69) is 55.1 Å². The average Bonchev–Trinajstić information content (AvgIpc) is 2.87. The summed E-state index contributed by atoms with van der Waals surface area (Å²) in [5.41, 5.74) is 1.43. The van der Waals surface area contributed by atoms with Gasteiger partial charge in [0.2, 0.25) is 0 Å². The molecule has 1 fully saturated rings. The molecule has 0 heterocycles. The first-order valence-corrected chi connectivity index (χ1v) is 8.01. The Balaban J connectivity index is 1.96. The van der Waals surface area contributed by atoms with Crippen molar-refractivity contribution in [3.05, 3.63) is 60.7 Å². The fourth-order valence-corrected chi connectivity index (χ4v) is 3.34. The summed E-state index contributed by atoms with van der Waals surface area (Å²) in [6.07, 6.45) is 11.8. The maximum absolute atomic E-state index is 11.0. The summed E-state index contributed by atoms with van der Waals surface area (Å²) >= 11 is 0. The molecule has 1 saturated carbocycles. The van der Waals surface area contributed by atoms with Crippen molar-refractivity contribution in [1.29, 1.82) is 0 Å². The number of carbonyl (C=O) groups is 1. The number of Topliss-reactive ketones (excluding diaryl/α,β-unsaturated/α-hetero) is 1. The van der Waals surface area contributed by atoms with Crippen LogP contribution in [0.4, 0.5) is 0 Å². The number of carbonyl (C=O) groups excluding carboxylic acids is 1. The highest BCUT2D eigenvalue weighted by atomic mass is 16.1. The van der Waals surface area contributed by atoms with Gasteiger partial charge in [0.05, 0.1) is 0 Å². The first kappa shape index (κ1) is 15.8. The zero-order chi connectivity index (χ0) is 15.1. The van der Waals surface area contributed by atoms with Crippen molar-refractivity contribution in [2.24, 2.45) is 17.8 Å². The van der Waals surface area contributed by atoms with E-state index >= 15 is 0 Å². The second kappa shape index (κ2) is 7.97. The molecule has 1 aromatic carbocycles. The lowest BCUT2D eigenvalue weighted by molar-refractivity contribution is -0.116. The number of allylic oxidation sites excluding steroid dienone is 3. The Kier molecular flexibility index (Phi) is 5.98. The Morgan fingerprint density at radius 1 is 1.29 bits per heavy atom.